The van der Waals surface area contributed by atoms with Crippen LogP contribution in [0.2, 0.25) is 0 Å². The van der Waals surface area contributed by atoms with Crippen molar-refractivity contribution in [3.63, 3.8) is 0 Å². The molecule has 14 heteroatoms. The third-order valence-corrected chi connectivity index (χ3v) is 4.49. The van der Waals surface area contributed by atoms with E-state index in [2.05, 4.69) is 4.74 Å². The fourth-order valence-corrected chi connectivity index (χ4v) is 2.73. The summed E-state index contributed by atoms with van der Waals surface area (Å²) in [5.41, 5.74) is -6.15. The van der Waals surface area contributed by atoms with Crippen molar-refractivity contribution < 1.29 is 48.3 Å². The lowest BCUT2D eigenvalue weighted by molar-refractivity contribution is -0.157. The van der Waals surface area contributed by atoms with Crippen LogP contribution in [-0.2, 0) is 29.6 Å². The van der Waals surface area contributed by atoms with Crippen molar-refractivity contribution in [1.29, 1.82) is 0 Å². The van der Waals surface area contributed by atoms with Crippen molar-refractivity contribution in [2.24, 2.45) is 0 Å². The lowest BCUT2D eigenvalue weighted by Gasteiger charge is -2.15. The van der Waals surface area contributed by atoms with Gasteiger partial charge in [-0.15, -0.1) is 0 Å². The summed E-state index contributed by atoms with van der Waals surface area (Å²) in [5.74, 6) is -2.74. The van der Waals surface area contributed by atoms with Crippen molar-refractivity contribution in [3.8, 4) is 0 Å². The van der Waals surface area contributed by atoms with E-state index in [4.69, 9.17) is 0 Å². The Hall–Kier alpha value is -1.02. The number of nitrogens with one attached hydrogen (secondary N) is 1. The molecule has 0 aliphatic rings. The summed E-state index contributed by atoms with van der Waals surface area (Å²) in [5, 5.41) is -5.50. The van der Waals surface area contributed by atoms with E-state index in [-0.39, 0.29) is 4.13 Å². The summed E-state index contributed by atoms with van der Waals surface area (Å²) >= 11 is 0. The Morgan fingerprint density at radius 2 is 1.39 bits per heavy atom. The third kappa shape index (κ3) is 3.05. The Kier molecular flexibility index (Phi) is 4.32. The average Bonchev–Trinajstić information content (AvgIpc) is 2.12. The molecule has 0 spiro atoms. The molecule has 0 aliphatic carbocycles. The standard InChI is InChI=1S/C4H4F5NO6S2/c1-16-2(11)3(5,6)17(12,13)10-18(14,15)4(7,8)9/h10H,1H3. The zero-order chi connectivity index (χ0) is 15.0. The lowest BCUT2D eigenvalue weighted by Crippen LogP contribution is -2.50. The van der Waals surface area contributed by atoms with Crippen LogP contribution < -0.4 is 4.13 Å². The maximum atomic E-state index is 12.8. The molecule has 0 fully saturated rings. The quantitative estimate of drug-likeness (QED) is 0.554. The van der Waals surface area contributed by atoms with Crippen LogP contribution in [0, 0.1) is 0 Å². The maximum Gasteiger partial charge on any atom is 0.512 e. The first kappa shape index (κ1) is 17.0. The number of carbonyl (C=O) groups is 1. The van der Waals surface area contributed by atoms with Crippen LogP contribution in [0.25, 0.3) is 0 Å². The Bertz CT molecular complexity index is 533. The smallest absolute Gasteiger partial charge is 0.464 e. The third-order valence-electron chi connectivity index (χ3n) is 1.28. The van der Waals surface area contributed by atoms with E-state index in [1.807, 2.05) is 0 Å². The van der Waals surface area contributed by atoms with Gasteiger partial charge >= 0.3 is 36.8 Å². The molecular formula is C4H4F5NO6S2. The van der Waals surface area contributed by atoms with E-state index < -0.39 is 36.8 Å². The van der Waals surface area contributed by atoms with Crippen LogP contribution in [0.3, 0.4) is 0 Å². The van der Waals surface area contributed by atoms with E-state index in [0.717, 1.165) is 0 Å². The number of ether oxygens (including phenoxy) is 1. The molecular weight excluding hydrogens is 317 g/mol. The van der Waals surface area contributed by atoms with Gasteiger partial charge in [0.25, 0.3) is 0 Å². The molecule has 0 unspecified atom stereocenters. The normalized spacial score (nSPS) is 14.3. The van der Waals surface area contributed by atoms with Gasteiger partial charge in [-0.3, -0.25) is 0 Å². The molecule has 0 heterocycles. The highest BCUT2D eigenvalue weighted by Crippen LogP contribution is 2.27. The minimum Gasteiger partial charge on any atom is -0.464 e. The van der Waals surface area contributed by atoms with Crippen molar-refractivity contribution in [2.75, 3.05) is 7.11 Å². The Balaban J connectivity index is 5.56. The number of halogens is 5. The van der Waals surface area contributed by atoms with Crippen LogP contribution in [0.4, 0.5) is 22.0 Å². The Morgan fingerprint density at radius 1 is 1.00 bits per heavy atom. The SMILES string of the molecule is COC(=O)C(F)(F)S(=O)(=O)NS(=O)(=O)C(F)(F)F. The summed E-state index contributed by atoms with van der Waals surface area (Å²) in [6, 6.07) is 0. The first-order chi connectivity index (χ1) is 7.69. The number of alkyl halides is 5. The molecule has 0 aromatic carbocycles. The molecule has 0 aromatic rings. The van der Waals surface area contributed by atoms with E-state index in [1.54, 1.807) is 0 Å². The summed E-state index contributed by atoms with van der Waals surface area (Å²) in [4.78, 5) is 10.3. The van der Waals surface area contributed by atoms with Gasteiger partial charge in [0.15, 0.2) is 0 Å². The summed E-state index contributed by atoms with van der Waals surface area (Å²) in [6.45, 7) is 0. The highest BCUT2D eigenvalue weighted by Gasteiger charge is 2.59. The molecule has 18 heavy (non-hydrogen) atoms. The molecule has 0 amide bonds. The van der Waals surface area contributed by atoms with E-state index in [9.17, 15) is 43.6 Å². The number of sulfonamides is 2. The number of hydrogen-bond donors (Lipinski definition) is 1. The van der Waals surface area contributed by atoms with Crippen molar-refractivity contribution >= 4 is 26.0 Å². The highest BCUT2D eigenvalue weighted by molar-refractivity contribution is 8.05. The molecule has 0 aliphatic heterocycles. The van der Waals surface area contributed by atoms with Gasteiger partial charge in [0, 0.05) is 0 Å². The van der Waals surface area contributed by atoms with Gasteiger partial charge in [0.1, 0.15) is 0 Å². The van der Waals surface area contributed by atoms with Crippen molar-refractivity contribution in [2.45, 2.75) is 10.8 Å². The number of rotatable bonds is 4. The second kappa shape index (κ2) is 4.58. The molecule has 7 nitrogen and oxygen atoms in total. The molecule has 1 N–H and O–H groups in total. The molecule has 0 bridgehead atoms. The number of methoxy groups -OCH3 is 1. The van der Waals surface area contributed by atoms with Gasteiger partial charge < -0.3 is 4.74 Å². The van der Waals surface area contributed by atoms with E-state index in [1.165, 1.54) is 0 Å². The topological polar surface area (TPSA) is 107 Å². The van der Waals surface area contributed by atoms with Crippen molar-refractivity contribution in [1.82, 2.24) is 4.13 Å². The van der Waals surface area contributed by atoms with Crippen LogP contribution in [-0.4, -0.2) is 40.7 Å². The molecule has 0 radical (unpaired) electrons. The van der Waals surface area contributed by atoms with E-state index >= 15 is 0 Å². The summed E-state index contributed by atoms with van der Waals surface area (Å²) < 4.78 is 106. The monoisotopic (exact) mass is 321 g/mol. The highest BCUT2D eigenvalue weighted by atomic mass is 32.3. The van der Waals surface area contributed by atoms with Gasteiger partial charge in [-0.05, 0) is 0 Å². The van der Waals surface area contributed by atoms with Gasteiger partial charge in [-0.25, -0.2) is 21.6 Å². The number of esters is 1. The number of carbonyl (C=O) groups excluding carboxylic acids is 1. The molecule has 0 atom stereocenters. The van der Waals surface area contributed by atoms with Crippen LogP contribution >= 0.6 is 0 Å². The predicted molar refractivity (Wildman–Crippen MR) is 44.0 cm³/mol. The minimum atomic E-state index is -6.61. The van der Waals surface area contributed by atoms with Crippen LogP contribution in [0.1, 0.15) is 0 Å². The average molecular weight is 321 g/mol. The number of hydrogen-bond acceptors (Lipinski definition) is 6. The molecule has 0 aromatic heterocycles. The fraction of sp³-hybridized carbons (Fsp3) is 0.750. The first-order valence-corrected chi connectivity index (χ1v) is 6.46. The summed E-state index contributed by atoms with van der Waals surface area (Å²) in [7, 11) is -12.8. The Morgan fingerprint density at radius 3 is 1.67 bits per heavy atom. The fourth-order valence-electron chi connectivity index (χ4n) is 0.473. The maximum absolute atomic E-state index is 12.8. The Labute approximate surface area is 97.0 Å². The molecule has 0 rings (SSSR count). The summed E-state index contributed by atoms with van der Waals surface area (Å²) in [6.07, 6.45) is 0. The predicted octanol–water partition coefficient (Wildman–Crippen LogP) is -0.479. The zero-order valence-corrected chi connectivity index (χ0v) is 9.79. The molecule has 0 saturated heterocycles. The van der Waals surface area contributed by atoms with Gasteiger partial charge in [-0.2, -0.15) is 22.0 Å². The largest absolute Gasteiger partial charge is 0.512 e. The van der Waals surface area contributed by atoms with Gasteiger partial charge in [0.2, 0.25) is 0 Å². The van der Waals surface area contributed by atoms with E-state index in [0.29, 0.717) is 7.11 Å². The van der Waals surface area contributed by atoms with Crippen LogP contribution in [0.15, 0.2) is 0 Å². The second-order valence-corrected chi connectivity index (χ2v) is 6.20. The molecule has 0 saturated carbocycles. The zero-order valence-electron chi connectivity index (χ0n) is 8.16. The van der Waals surface area contributed by atoms with Crippen molar-refractivity contribution in [3.05, 3.63) is 0 Å². The van der Waals surface area contributed by atoms with Gasteiger partial charge in [0.05, 0.1) is 7.11 Å². The van der Waals surface area contributed by atoms with Gasteiger partial charge in [-0.1, -0.05) is 4.13 Å². The molecule has 108 valence electrons. The lowest BCUT2D eigenvalue weighted by atomic mass is 10.7. The van der Waals surface area contributed by atoms with Crippen LogP contribution in [0.5, 0.6) is 0 Å². The first-order valence-electron chi connectivity index (χ1n) is 3.49. The minimum absolute atomic E-state index is 0.303. The second-order valence-electron chi connectivity index (χ2n) is 2.54.